The standard InChI is InChI=1S/C14H20N2O5/c1-5-20-9-6-14(12(18)19,13(9,3)4)16-11(17)10-8(2)15-7-21-10/h7,9H,5-6H2,1-4H3,(H,16,17)(H,18,19). The zero-order chi connectivity index (χ0) is 15.8. The van der Waals surface area contributed by atoms with Crippen LogP contribution < -0.4 is 5.32 Å². The van der Waals surface area contributed by atoms with Gasteiger partial charge in [-0.2, -0.15) is 0 Å². The lowest BCUT2D eigenvalue weighted by atomic mass is 9.54. The highest BCUT2D eigenvalue weighted by atomic mass is 16.5. The number of nitrogens with one attached hydrogen (secondary N) is 1. The van der Waals surface area contributed by atoms with Crippen LogP contribution in [0.3, 0.4) is 0 Å². The zero-order valence-corrected chi connectivity index (χ0v) is 12.6. The van der Waals surface area contributed by atoms with E-state index in [1.165, 1.54) is 0 Å². The fraction of sp³-hybridized carbons (Fsp3) is 0.643. The fourth-order valence-electron chi connectivity index (χ4n) is 2.81. The van der Waals surface area contributed by atoms with E-state index < -0.39 is 22.8 Å². The van der Waals surface area contributed by atoms with Crippen molar-refractivity contribution in [2.24, 2.45) is 5.41 Å². The maximum atomic E-state index is 12.2. The van der Waals surface area contributed by atoms with Gasteiger partial charge in [0.25, 0.3) is 5.91 Å². The van der Waals surface area contributed by atoms with Gasteiger partial charge >= 0.3 is 5.97 Å². The highest BCUT2D eigenvalue weighted by Gasteiger charge is 2.66. The Hall–Kier alpha value is -1.89. The second kappa shape index (κ2) is 5.14. The van der Waals surface area contributed by atoms with E-state index >= 15 is 0 Å². The monoisotopic (exact) mass is 296 g/mol. The van der Waals surface area contributed by atoms with E-state index in [4.69, 9.17) is 9.15 Å². The van der Waals surface area contributed by atoms with Crippen LogP contribution in [0.4, 0.5) is 0 Å². The minimum Gasteiger partial charge on any atom is -0.479 e. The number of carbonyl (C=O) groups is 2. The molecule has 1 heterocycles. The van der Waals surface area contributed by atoms with Crippen LogP contribution in [0, 0.1) is 12.3 Å². The molecule has 1 fully saturated rings. The molecule has 2 atom stereocenters. The summed E-state index contributed by atoms with van der Waals surface area (Å²) in [5, 5.41) is 12.2. The van der Waals surface area contributed by atoms with E-state index in [9.17, 15) is 14.7 Å². The number of aromatic nitrogens is 1. The summed E-state index contributed by atoms with van der Waals surface area (Å²) in [5.41, 5.74) is -1.67. The summed E-state index contributed by atoms with van der Waals surface area (Å²) < 4.78 is 10.6. The van der Waals surface area contributed by atoms with Crippen LogP contribution in [0.5, 0.6) is 0 Å². The molecule has 2 rings (SSSR count). The van der Waals surface area contributed by atoms with Crippen LogP contribution in [0.1, 0.15) is 43.4 Å². The first-order valence-corrected chi connectivity index (χ1v) is 6.84. The summed E-state index contributed by atoms with van der Waals surface area (Å²) in [6.45, 7) is 7.53. The summed E-state index contributed by atoms with van der Waals surface area (Å²) in [4.78, 5) is 27.8. The number of amides is 1. The van der Waals surface area contributed by atoms with Crippen molar-refractivity contribution in [3.8, 4) is 0 Å². The Morgan fingerprint density at radius 2 is 2.24 bits per heavy atom. The van der Waals surface area contributed by atoms with Crippen LogP contribution >= 0.6 is 0 Å². The quantitative estimate of drug-likeness (QED) is 0.851. The predicted molar refractivity (Wildman–Crippen MR) is 72.9 cm³/mol. The van der Waals surface area contributed by atoms with Gasteiger partial charge in [-0.3, -0.25) is 4.79 Å². The van der Waals surface area contributed by atoms with E-state index in [2.05, 4.69) is 10.3 Å². The molecule has 0 saturated heterocycles. The van der Waals surface area contributed by atoms with Crippen molar-refractivity contribution in [2.75, 3.05) is 6.61 Å². The largest absolute Gasteiger partial charge is 0.479 e. The normalized spacial score (nSPS) is 27.0. The van der Waals surface area contributed by atoms with Gasteiger partial charge in [-0.1, -0.05) is 13.8 Å². The van der Waals surface area contributed by atoms with Gasteiger partial charge in [-0.15, -0.1) is 0 Å². The van der Waals surface area contributed by atoms with Gasteiger partial charge in [0.05, 0.1) is 11.8 Å². The van der Waals surface area contributed by atoms with Crippen LogP contribution in [-0.4, -0.2) is 40.2 Å². The highest BCUT2D eigenvalue weighted by Crippen LogP contribution is 2.51. The molecule has 1 saturated carbocycles. The second-order valence-electron chi connectivity index (χ2n) is 5.80. The van der Waals surface area contributed by atoms with E-state index in [1.54, 1.807) is 20.8 Å². The molecule has 7 heteroatoms. The number of hydrogen-bond donors (Lipinski definition) is 2. The third-order valence-electron chi connectivity index (χ3n) is 4.41. The van der Waals surface area contributed by atoms with Crippen molar-refractivity contribution in [3.05, 3.63) is 17.8 Å². The van der Waals surface area contributed by atoms with Crippen LogP contribution in [0.2, 0.25) is 0 Å². The molecule has 2 unspecified atom stereocenters. The molecule has 0 radical (unpaired) electrons. The predicted octanol–water partition coefficient (Wildman–Crippen LogP) is 1.37. The van der Waals surface area contributed by atoms with Crippen molar-refractivity contribution < 1.29 is 23.8 Å². The molecule has 2 N–H and O–H groups in total. The molecule has 1 aromatic heterocycles. The zero-order valence-electron chi connectivity index (χ0n) is 12.6. The van der Waals surface area contributed by atoms with E-state index in [0.717, 1.165) is 6.39 Å². The Morgan fingerprint density at radius 3 is 2.67 bits per heavy atom. The summed E-state index contributed by atoms with van der Waals surface area (Å²) in [7, 11) is 0. The van der Waals surface area contributed by atoms with Gasteiger partial charge in [0.1, 0.15) is 5.54 Å². The van der Waals surface area contributed by atoms with Gasteiger partial charge in [-0.05, 0) is 13.8 Å². The second-order valence-corrected chi connectivity index (χ2v) is 5.80. The van der Waals surface area contributed by atoms with E-state index in [-0.39, 0.29) is 18.3 Å². The van der Waals surface area contributed by atoms with Crippen LogP contribution in [-0.2, 0) is 9.53 Å². The number of carboxylic acid groups (broad SMARTS) is 1. The van der Waals surface area contributed by atoms with Crippen molar-refractivity contribution in [3.63, 3.8) is 0 Å². The number of hydrogen-bond acceptors (Lipinski definition) is 5. The van der Waals surface area contributed by atoms with E-state index in [0.29, 0.717) is 12.3 Å². The third kappa shape index (κ3) is 2.21. The molecule has 0 aliphatic heterocycles. The molecule has 0 aromatic carbocycles. The molecule has 21 heavy (non-hydrogen) atoms. The van der Waals surface area contributed by atoms with Crippen LogP contribution in [0.15, 0.2) is 10.8 Å². The molecule has 1 amide bonds. The number of rotatable bonds is 5. The first-order chi connectivity index (χ1) is 9.76. The lowest BCUT2D eigenvalue weighted by molar-refractivity contribution is -0.190. The highest BCUT2D eigenvalue weighted by molar-refractivity contribution is 5.97. The minimum atomic E-state index is -1.37. The van der Waals surface area contributed by atoms with Gasteiger partial charge in [0.2, 0.25) is 5.76 Å². The smallest absolute Gasteiger partial charge is 0.330 e. The van der Waals surface area contributed by atoms with Gasteiger partial charge in [0, 0.05) is 18.4 Å². The molecule has 116 valence electrons. The van der Waals surface area contributed by atoms with E-state index in [1.807, 2.05) is 6.92 Å². The van der Waals surface area contributed by atoms with Crippen molar-refractivity contribution in [2.45, 2.75) is 45.8 Å². The number of aliphatic carboxylic acids is 1. The minimum absolute atomic E-state index is 0.0336. The topological polar surface area (TPSA) is 102 Å². The lowest BCUT2D eigenvalue weighted by Gasteiger charge is -2.58. The Morgan fingerprint density at radius 1 is 1.57 bits per heavy atom. The van der Waals surface area contributed by atoms with Crippen molar-refractivity contribution >= 4 is 11.9 Å². The summed E-state index contributed by atoms with van der Waals surface area (Å²) >= 11 is 0. The third-order valence-corrected chi connectivity index (χ3v) is 4.41. The molecule has 1 aliphatic rings. The molecule has 0 bridgehead atoms. The Kier molecular flexibility index (Phi) is 3.79. The molecular weight excluding hydrogens is 276 g/mol. The lowest BCUT2D eigenvalue weighted by Crippen LogP contribution is -2.76. The van der Waals surface area contributed by atoms with Crippen LogP contribution in [0.25, 0.3) is 0 Å². The number of aryl methyl sites for hydroxylation is 1. The summed E-state index contributed by atoms with van der Waals surface area (Å²) in [6.07, 6.45) is 1.17. The summed E-state index contributed by atoms with van der Waals surface area (Å²) in [5.74, 6) is -1.62. The van der Waals surface area contributed by atoms with Crippen molar-refractivity contribution in [1.29, 1.82) is 0 Å². The molecule has 0 spiro atoms. The molecule has 1 aromatic rings. The molecular formula is C14H20N2O5. The van der Waals surface area contributed by atoms with Gasteiger partial charge in [0.15, 0.2) is 6.39 Å². The number of carbonyl (C=O) groups excluding carboxylic acids is 1. The number of nitrogens with zero attached hydrogens (tertiary/aromatic N) is 1. The average molecular weight is 296 g/mol. The maximum absolute atomic E-state index is 12.2. The van der Waals surface area contributed by atoms with Crippen molar-refractivity contribution in [1.82, 2.24) is 10.3 Å². The number of ether oxygens (including phenoxy) is 1. The number of carboxylic acids is 1. The summed E-state index contributed by atoms with van der Waals surface area (Å²) in [6, 6.07) is 0. The number of oxazole rings is 1. The Balaban J connectivity index is 2.24. The molecule has 7 nitrogen and oxygen atoms in total. The first-order valence-electron chi connectivity index (χ1n) is 6.84. The maximum Gasteiger partial charge on any atom is 0.330 e. The molecule has 1 aliphatic carbocycles. The van der Waals surface area contributed by atoms with Gasteiger partial charge < -0.3 is 19.6 Å². The average Bonchev–Trinajstić information content (AvgIpc) is 2.83. The Bertz CT molecular complexity index is 565. The van der Waals surface area contributed by atoms with Gasteiger partial charge in [-0.25, -0.2) is 9.78 Å². The Labute approximate surface area is 122 Å². The fourth-order valence-corrected chi connectivity index (χ4v) is 2.81. The SMILES string of the molecule is CCOC1CC(NC(=O)c2ocnc2C)(C(=O)O)C1(C)C. The first kappa shape index (κ1) is 15.5.